The van der Waals surface area contributed by atoms with Gasteiger partial charge in [-0.25, -0.2) is 9.37 Å². The van der Waals surface area contributed by atoms with E-state index in [1.807, 2.05) is 11.0 Å². The predicted molar refractivity (Wildman–Crippen MR) is 96.8 cm³/mol. The third-order valence-corrected chi connectivity index (χ3v) is 4.49. The lowest BCUT2D eigenvalue weighted by molar-refractivity contribution is 0.0941. The Hall–Kier alpha value is -3.29. The van der Waals surface area contributed by atoms with E-state index in [4.69, 9.17) is 4.42 Å². The van der Waals surface area contributed by atoms with Crippen molar-refractivity contribution in [3.05, 3.63) is 59.9 Å². The molecule has 0 spiro atoms. The Morgan fingerprint density at radius 2 is 2.11 bits per heavy atom. The number of hydrogen-bond acceptors (Lipinski definition) is 6. The highest BCUT2D eigenvalue weighted by Gasteiger charge is 2.27. The van der Waals surface area contributed by atoms with E-state index >= 15 is 0 Å². The lowest BCUT2D eigenvalue weighted by atomic mass is 10.1. The molecule has 138 valence electrons. The van der Waals surface area contributed by atoms with Gasteiger partial charge < -0.3 is 14.6 Å². The van der Waals surface area contributed by atoms with Crippen molar-refractivity contribution < 1.29 is 13.6 Å². The van der Waals surface area contributed by atoms with Crippen LogP contribution < -0.4 is 10.2 Å². The molecule has 1 fully saturated rings. The fourth-order valence-electron chi connectivity index (χ4n) is 3.22. The second-order valence-corrected chi connectivity index (χ2v) is 6.39. The van der Waals surface area contributed by atoms with Crippen molar-refractivity contribution in [1.29, 1.82) is 0 Å². The minimum atomic E-state index is -0.360. The Kier molecular flexibility index (Phi) is 4.53. The summed E-state index contributed by atoms with van der Waals surface area (Å²) in [5, 5.41) is 10.8. The molecular formula is C19H18FN5O2. The molecule has 0 saturated carbocycles. The maximum atomic E-state index is 13.9. The van der Waals surface area contributed by atoms with E-state index in [-0.39, 0.29) is 17.8 Å². The van der Waals surface area contributed by atoms with Crippen molar-refractivity contribution >= 4 is 11.7 Å². The molecule has 1 saturated heterocycles. The number of amides is 1. The molecule has 1 aliphatic heterocycles. The number of aryl methyl sites for hydroxylation is 1. The molecule has 3 aromatic rings. The number of aromatic nitrogens is 3. The van der Waals surface area contributed by atoms with E-state index in [0.717, 1.165) is 0 Å². The number of nitrogens with one attached hydrogen (secondary N) is 1. The summed E-state index contributed by atoms with van der Waals surface area (Å²) < 4.78 is 19.4. The largest absolute Gasteiger partial charge is 0.421 e. The molecule has 3 heterocycles. The number of pyridine rings is 1. The number of hydrogen-bond donors (Lipinski definition) is 1. The molecule has 0 aliphatic carbocycles. The monoisotopic (exact) mass is 367 g/mol. The van der Waals surface area contributed by atoms with Gasteiger partial charge >= 0.3 is 0 Å². The summed E-state index contributed by atoms with van der Waals surface area (Å²) in [5.74, 6) is 0.471. The average molecular weight is 367 g/mol. The molecule has 27 heavy (non-hydrogen) atoms. The van der Waals surface area contributed by atoms with Crippen LogP contribution in [0.3, 0.4) is 0 Å². The SMILES string of the molecule is Cc1nnc(-c2ccccc2C(=O)NC2CCN(c3ncccc3F)C2)o1. The van der Waals surface area contributed by atoms with Crippen LogP contribution in [0.2, 0.25) is 0 Å². The zero-order chi connectivity index (χ0) is 18.8. The Morgan fingerprint density at radius 3 is 2.89 bits per heavy atom. The zero-order valence-corrected chi connectivity index (χ0v) is 14.7. The lowest BCUT2D eigenvalue weighted by Gasteiger charge is -2.18. The lowest BCUT2D eigenvalue weighted by Crippen LogP contribution is -2.37. The van der Waals surface area contributed by atoms with Crippen molar-refractivity contribution in [3.8, 4) is 11.5 Å². The van der Waals surface area contributed by atoms with Crippen LogP contribution in [0.1, 0.15) is 22.7 Å². The first-order valence-corrected chi connectivity index (χ1v) is 8.67. The third-order valence-electron chi connectivity index (χ3n) is 4.49. The zero-order valence-electron chi connectivity index (χ0n) is 14.7. The highest BCUT2D eigenvalue weighted by molar-refractivity contribution is 6.00. The maximum absolute atomic E-state index is 13.9. The third kappa shape index (κ3) is 3.51. The van der Waals surface area contributed by atoms with Crippen LogP contribution in [0.15, 0.2) is 47.0 Å². The van der Waals surface area contributed by atoms with Gasteiger partial charge in [-0.15, -0.1) is 10.2 Å². The van der Waals surface area contributed by atoms with E-state index < -0.39 is 0 Å². The number of halogens is 1. The maximum Gasteiger partial charge on any atom is 0.252 e. The minimum Gasteiger partial charge on any atom is -0.421 e. The molecule has 1 unspecified atom stereocenters. The van der Waals surface area contributed by atoms with Crippen molar-refractivity contribution in [2.75, 3.05) is 18.0 Å². The molecule has 1 atom stereocenters. The van der Waals surface area contributed by atoms with Gasteiger partial charge in [0, 0.05) is 32.3 Å². The van der Waals surface area contributed by atoms with E-state index in [0.29, 0.717) is 48.2 Å². The molecular weight excluding hydrogens is 349 g/mol. The van der Waals surface area contributed by atoms with Gasteiger partial charge in [-0.2, -0.15) is 0 Å². The fraction of sp³-hybridized carbons (Fsp3) is 0.263. The van der Waals surface area contributed by atoms with Crippen molar-refractivity contribution in [3.63, 3.8) is 0 Å². The average Bonchev–Trinajstić information content (AvgIpc) is 3.31. The van der Waals surface area contributed by atoms with Crippen LogP contribution >= 0.6 is 0 Å². The van der Waals surface area contributed by atoms with Crippen LogP contribution in [0.4, 0.5) is 10.2 Å². The first-order valence-electron chi connectivity index (χ1n) is 8.67. The molecule has 0 radical (unpaired) electrons. The molecule has 7 nitrogen and oxygen atoms in total. The highest BCUT2D eigenvalue weighted by atomic mass is 19.1. The second kappa shape index (κ2) is 7.14. The van der Waals surface area contributed by atoms with Crippen LogP contribution in [0.5, 0.6) is 0 Å². The van der Waals surface area contributed by atoms with Gasteiger partial charge in [-0.05, 0) is 30.7 Å². The molecule has 0 bridgehead atoms. The Labute approximate surface area is 155 Å². The first kappa shape index (κ1) is 17.1. The Balaban J connectivity index is 1.49. The molecule has 4 rings (SSSR count). The van der Waals surface area contributed by atoms with Crippen molar-refractivity contribution in [2.24, 2.45) is 0 Å². The summed E-state index contributed by atoms with van der Waals surface area (Å²) in [5.41, 5.74) is 1.05. The summed E-state index contributed by atoms with van der Waals surface area (Å²) in [7, 11) is 0. The normalized spacial score (nSPS) is 16.5. The van der Waals surface area contributed by atoms with Crippen molar-refractivity contribution in [1.82, 2.24) is 20.5 Å². The molecule has 1 aliphatic rings. The Morgan fingerprint density at radius 1 is 1.26 bits per heavy atom. The molecule has 8 heteroatoms. The van der Waals surface area contributed by atoms with Crippen LogP contribution in [-0.2, 0) is 0 Å². The summed E-state index contributed by atoms with van der Waals surface area (Å²) in [6.07, 6.45) is 2.27. The van der Waals surface area contributed by atoms with Gasteiger partial charge in [-0.3, -0.25) is 4.79 Å². The number of carbonyl (C=O) groups is 1. The number of anilines is 1. The van der Waals surface area contributed by atoms with Gasteiger partial charge in [-0.1, -0.05) is 12.1 Å². The highest BCUT2D eigenvalue weighted by Crippen LogP contribution is 2.24. The summed E-state index contributed by atoms with van der Waals surface area (Å²) in [6.45, 7) is 2.83. The van der Waals surface area contributed by atoms with E-state index in [2.05, 4.69) is 20.5 Å². The molecule has 1 N–H and O–H groups in total. The smallest absolute Gasteiger partial charge is 0.252 e. The summed E-state index contributed by atoms with van der Waals surface area (Å²) in [6, 6.07) is 9.93. The summed E-state index contributed by atoms with van der Waals surface area (Å²) in [4.78, 5) is 18.7. The minimum absolute atomic E-state index is 0.101. The number of carbonyl (C=O) groups excluding carboxylic acids is 1. The summed E-state index contributed by atoms with van der Waals surface area (Å²) >= 11 is 0. The van der Waals surface area contributed by atoms with Crippen molar-refractivity contribution in [2.45, 2.75) is 19.4 Å². The first-order chi connectivity index (χ1) is 13.1. The molecule has 1 aromatic carbocycles. The van der Waals surface area contributed by atoms with Crippen LogP contribution in [0.25, 0.3) is 11.5 Å². The fourth-order valence-corrected chi connectivity index (χ4v) is 3.22. The van der Waals surface area contributed by atoms with Crippen LogP contribution in [-0.4, -0.2) is 40.2 Å². The number of rotatable bonds is 4. The second-order valence-electron chi connectivity index (χ2n) is 6.39. The van der Waals surface area contributed by atoms with E-state index in [9.17, 15) is 9.18 Å². The number of nitrogens with zero attached hydrogens (tertiary/aromatic N) is 4. The quantitative estimate of drug-likeness (QED) is 0.763. The van der Waals surface area contributed by atoms with Gasteiger partial charge in [0.2, 0.25) is 11.8 Å². The van der Waals surface area contributed by atoms with Gasteiger partial charge in [0.05, 0.1) is 11.1 Å². The predicted octanol–water partition coefficient (Wildman–Crippen LogP) is 2.59. The topological polar surface area (TPSA) is 84.2 Å². The van der Waals surface area contributed by atoms with Gasteiger partial charge in [0.25, 0.3) is 5.91 Å². The van der Waals surface area contributed by atoms with Crippen LogP contribution in [0, 0.1) is 12.7 Å². The standard InChI is InChI=1S/C19H18FN5O2/c1-12-23-24-19(27-12)15-6-3-2-5-14(15)18(26)22-13-8-10-25(11-13)17-16(20)7-4-9-21-17/h2-7,9,13H,8,10-11H2,1H3,(H,22,26). The van der Waals surface area contributed by atoms with E-state index in [1.54, 1.807) is 37.4 Å². The Bertz CT molecular complexity index is 974. The van der Waals surface area contributed by atoms with Gasteiger partial charge in [0.1, 0.15) is 0 Å². The molecule has 1 amide bonds. The van der Waals surface area contributed by atoms with Gasteiger partial charge in [0.15, 0.2) is 11.6 Å². The number of benzene rings is 1. The molecule has 2 aromatic heterocycles. The van der Waals surface area contributed by atoms with E-state index in [1.165, 1.54) is 6.07 Å².